The lowest BCUT2D eigenvalue weighted by Gasteiger charge is -2.30. The molecule has 1 N–H and O–H groups in total. The average Bonchev–Trinajstić information content (AvgIpc) is 3.23. The van der Waals surface area contributed by atoms with Gasteiger partial charge in [-0.25, -0.2) is 12.7 Å². The Morgan fingerprint density at radius 1 is 1.10 bits per heavy atom. The number of aromatic nitrogens is 2. The molecule has 1 amide bonds. The molecule has 1 fully saturated rings. The van der Waals surface area contributed by atoms with Gasteiger partial charge in [-0.05, 0) is 30.5 Å². The highest BCUT2D eigenvalue weighted by molar-refractivity contribution is 7.88. The summed E-state index contributed by atoms with van der Waals surface area (Å²) in [6.07, 6.45) is 0.926. The van der Waals surface area contributed by atoms with Crippen molar-refractivity contribution < 1.29 is 13.2 Å². The molecule has 1 aliphatic heterocycles. The van der Waals surface area contributed by atoms with E-state index in [9.17, 15) is 13.2 Å². The van der Waals surface area contributed by atoms with Crippen LogP contribution in [0.15, 0.2) is 54.6 Å². The van der Waals surface area contributed by atoms with Gasteiger partial charge in [-0.15, -0.1) is 10.2 Å². The van der Waals surface area contributed by atoms with Crippen LogP contribution in [0.4, 0.5) is 5.13 Å². The van der Waals surface area contributed by atoms with E-state index in [0.717, 1.165) is 10.6 Å². The molecule has 0 aliphatic carbocycles. The quantitative estimate of drug-likeness (QED) is 0.579. The molecule has 7 nitrogen and oxygen atoms in total. The monoisotopic (exact) mass is 476 g/mol. The third-order valence-corrected chi connectivity index (χ3v) is 8.11. The molecule has 0 radical (unpaired) electrons. The first kappa shape index (κ1) is 21.9. The van der Waals surface area contributed by atoms with E-state index in [1.807, 2.05) is 30.3 Å². The number of anilines is 1. The largest absolute Gasteiger partial charge is 0.300 e. The zero-order valence-electron chi connectivity index (χ0n) is 16.6. The molecule has 10 heteroatoms. The molecule has 162 valence electrons. The summed E-state index contributed by atoms with van der Waals surface area (Å²) in [7, 11) is -3.47. The summed E-state index contributed by atoms with van der Waals surface area (Å²) < 4.78 is 26.9. The maximum absolute atomic E-state index is 12.7. The van der Waals surface area contributed by atoms with E-state index in [1.165, 1.54) is 15.6 Å². The molecule has 1 aliphatic rings. The molecule has 2 aromatic carbocycles. The maximum atomic E-state index is 12.7. The number of benzene rings is 2. The normalized spacial score (nSPS) is 15.6. The van der Waals surface area contributed by atoms with Gasteiger partial charge in [0.25, 0.3) is 0 Å². The van der Waals surface area contributed by atoms with Gasteiger partial charge in [-0.3, -0.25) is 4.79 Å². The molecule has 4 rings (SSSR count). The first-order chi connectivity index (χ1) is 14.9. The summed E-state index contributed by atoms with van der Waals surface area (Å²) in [5.74, 6) is -0.512. The summed E-state index contributed by atoms with van der Waals surface area (Å²) in [6, 6.07) is 16.5. The van der Waals surface area contributed by atoms with Crippen LogP contribution < -0.4 is 5.32 Å². The van der Waals surface area contributed by atoms with Crippen LogP contribution in [0.1, 0.15) is 18.4 Å². The standard InChI is InChI=1S/C21H21ClN4O3S2/c22-18-8-4-5-15(13-18)14-31(28,29)26-11-9-16(10-12-26)19(27)23-21-25-24-20(30-21)17-6-2-1-3-7-17/h1-8,13,16H,9-12,14H2,(H,23,25,27). The van der Waals surface area contributed by atoms with Crippen molar-refractivity contribution in [2.75, 3.05) is 18.4 Å². The van der Waals surface area contributed by atoms with E-state index < -0.39 is 10.0 Å². The minimum absolute atomic E-state index is 0.0997. The number of hydrogen-bond donors (Lipinski definition) is 1. The number of piperidine rings is 1. The fraction of sp³-hybridized carbons (Fsp3) is 0.286. The zero-order valence-corrected chi connectivity index (χ0v) is 19.0. The van der Waals surface area contributed by atoms with Gasteiger partial charge in [0.05, 0.1) is 5.75 Å². The average molecular weight is 477 g/mol. The van der Waals surface area contributed by atoms with Crippen LogP contribution >= 0.6 is 22.9 Å². The maximum Gasteiger partial charge on any atom is 0.229 e. The summed E-state index contributed by atoms with van der Waals surface area (Å²) in [4.78, 5) is 12.6. The van der Waals surface area contributed by atoms with Crippen molar-refractivity contribution >= 4 is 44.0 Å². The Balaban J connectivity index is 1.32. The lowest BCUT2D eigenvalue weighted by Crippen LogP contribution is -2.41. The van der Waals surface area contributed by atoms with Gasteiger partial charge in [0.15, 0.2) is 0 Å². The van der Waals surface area contributed by atoms with E-state index in [-0.39, 0.29) is 17.6 Å². The van der Waals surface area contributed by atoms with Crippen LogP contribution in [0.2, 0.25) is 5.02 Å². The number of carbonyl (C=O) groups is 1. The van der Waals surface area contributed by atoms with Gasteiger partial charge >= 0.3 is 0 Å². The van der Waals surface area contributed by atoms with Crippen molar-refractivity contribution in [1.82, 2.24) is 14.5 Å². The van der Waals surface area contributed by atoms with E-state index in [0.29, 0.717) is 41.6 Å². The van der Waals surface area contributed by atoms with Crippen molar-refractivity contribution in [1.29, 1.82) is 0 Å². The lowest BCUT2D eigenvalue weighted by molar-refractivity contribution is -0.120. The SMILES string of the molecule is O=C(Nc1nnc(-c2ccccc2)s1)C1CCN(S(=O)(=O)Cc2cccc(Cl)c2)CC1. The lowest BCUT2D eigenvalue weighted by atomic mass is 9.97. The summed E-state index contributed by atoms with van der Waals surface area (Å²) in [6.45, 7) is 0.624. The smallest absolute Gasteiger partial charge is 0.229 e. The number of sulfonamides is 1. The second-order valence-electron chi connectivity index (χ2n) is 7.33. The van der Waals surface area contributed by atoms with Crippen molar-refractivity contribution in [3.8, 4) is 10.6 Å². The van der Waals surface area contributed by atoms with Crippen LogP contribution in [0, 0.1) is 5.92 Å². The molecular formula is C21H21ClN4O3S2. The number of hydrogen-bond acceptors (Lipinski definition) is 6. The first-order valence-corrected chi connectivity index (χ1v) is 12.6. The molecule has 0 bridgehead atoms. The van der Waals surface area contributed by atoms with Crippen molar-refractivity contribution in [3.05, 3.63) is 65.2 Å². The van der Waals surface area contributed by atoms with Crippen LogP contribution in [-0.4, -0.2) is 41.9 Å². The van der Waals surface area contributed by atoms with Gasteiger partial charge in [0.2, 0.25) is 21.1 Å². The second-order valence-corrected chi connectivity index (χ2v) is 10.7. The molecule has 0 atom stereocenters. The van der Waals surface area contributed by atoms with Gasteiger partial charge in [-0.1, -0.05) is 65.4 Å². The Morgan fingerprint density at radius 3 is 2.55 bits per heavy atom. The molecule has 2 heterocycles. The summed E-state index contributed by atoms with van der Waals surface area (Å²) in [5, 5.41) is 12.7. The summed E-state index contributed by atoms with van der Waals surface area (Å²) in [5.41, 5.74) is 1.59. The predicted octanol–water partition coefficient (Wildman–Crippen LogP) is 4.04. The van der Waals surface area contributed by atoms with Gasteiger partial charge < -0.3 is 5.32 Å². The van der Waals surface area contributed by atoms with Gasteiger partial charge in [-0.2, -0.15) is 0 Å². The number of nitrogens with one attached hydrogen (secondary N) is 1. The van der Waals surface area contributed by atoms with Gasteiger partial charge in [0, 0.05) is 29.6 Å². The minimum atomic E-state index is -3.47. The zero-order chi connectivity index (χ0) is 21.8. The third kappa shape index (κ3) is 5.48. The highest BCUT2D eigenvalue weighted by Crippen LogP contribution is 2.28. The van der Waals surface area contributed by atoms with Crippen molar-refractivity contribution in [2.24, 2.45) is 5.92 Å². The minimum Gasteiger partial charge on any atom is -0.300 e. The van der Waals surface area contributed by atoms with E-state index >= 15 is 0 Å². The Hall–Kier alpha value is -2.33. The molecule has 1 aromatic heterocycles. The molecule has 0 saturated carbocycles. The third-order valence-electron chi connectivity index (χ3n) is 5.13. The number of halogens is 1. The number of rotatable bonds is 6. The molecule has 31 heavy (non-hydrogen) atoms. The van der Waals surface area contributed by atoms with E-state index in [1.54, 1.807) is 24.3 Å². The fourth-order valence-corrected chi connectivity index (χ4v) is 6.02. The van der Waals surface area contributed by atoms with Crippen LogP contribution in [0.5, 0.6) is 0 Å². The molecule has 0 unspecified atom stereocenters. The van der Waals surface area contributed by atoms with Crippen LogP contribution in [-0.2, 0) is 20.6 Å². The van der Waals surface area contributed by atoms with E-state index in [4.69, 9.17) is 11.6 Å². The van der Waals surface area contributed by atoms with Crippen molar-refractivity contribution in [2.45, 2.75) is 18.6 Å². The summed E-state index contributed by atoms with van der Waals surface area (Å²) >= 11 is 7.27. The Morgan fingerprint density at radius 2 is 1.84 bits per heavy atom. The predicted molar refractivity (Wildman–Crippen MR) is 122 cm³/mol. The molecule has 0 spiro atoms. The second kappa shape index (κ2) is 9.44. The Kier molecular flexibility index (Phi) is 6.66. The first-order valence-electron chi connectivity index (χ1n) is 9.83. The highest BCUT2D eigenvalue weighted by atomic mass is 35.5. The Bertz CT molecular complexity index is 1160. The van der Waals surface area contributed by atoms with Crippen molar-refractivity contribution in [3.63, 3.8) is 0 Å². The molecular weight excluding hydrogens is 456 g/mol. The number of nitrogens with zero attached hydrogens (tertiary/aromatic N) is 3. The topological polar surface area (TPSA) is 92.3 Å². The number of carbonyl (C=O) groups excluding carboxylic acids is 1. The van der Waals surface area contributed by atoms with Gasteiger partial charge in [0.1, 0.15) is 5.01 Å². The number of amides is 1. The fourth-order valence-electron chi connectivity index (χ4n) is 3.50. The highest BCUT2D eigenvalue weighted by Gasteiger charge is 2.31. The molecule has 1 saturated heterocycles. The van der Waals surface area contributed by atoms with Crippen LogP contribution in [0.25, 0.3) is 10.6 Å². The Labute approximate surface area is 190 Å². The molecule has 3 aromatic rings. The van der Waals surface area contributed by atoms with Crippen LogP contribution in [0.3, 0.4) is 0 Å². The van der Waals surface area contributed by atoms with E-state index in [2.05, 4.69) is 15.5 Å².